The maximum atomic E-state index is 13.0. The van der Waals surface area contributed by atoms with Crippen molar-refractivity contribution in [2.75, 3.05) is 5.32 Å². The number of carbonyl (C=O) groups excluding carboxylic acids is 1. The van der Waals surface area contributed by atoms with E-state index in [4.69, 9.17) is 4.52 Å². The Kier molecular flexibility index (Phi) is 4.41. The second kappa shape index (κ2) is 6.80. The highest BCUT2D eigenvalue weighted by Gasteiger charge is 2.23. The number of rotatable bonds is 3. The molecule has 8 nitrogen and oxygen atoms in total. The van der Waals surface area contributed by atoms with E-state index in [1.54, 1.807) is 29.1 Å². The first kappa shape index (κ1) is 18.8. The molecule has 0 aliphatic heterocycles. The number of pyridine rings is 1. The van der Waals surface area contributed by atoms with E-state index >= 15 is 0 Å². The van der Waals surface area contributed by atoms with Crippen LogP contribution in [0, 0.1) is 6.92 Å². The summed E-state index contributed by atoms with van der Waals surface area (Å²) in [6.45, 7) is 7.92. The average Bonchev–Trinajstić information content (AvgIpc) is 3.27. The average molecular weight is 390 g/mol. The molecular formula is C21H22N6O2. The van der Waals surface area contributed by atoms with Gasteiger partial charge in [0.15, 0.2) is 11.5 Å². The Labute approximate surface area is 168 Å². The molecule has 1 N–H and O–H groups in total. The predicted molar refractivity (Wildman–Crippen MR) is 110 cm³/mol. The van der Waals surface area contributed by atoms with Crippen LogP contribution in [0.25, 0.3) is 22.5 Å². The molecule has 8 heteroatoms. The van der Waals surface area contributed by atoms with Crippen LogP contribution < -0.4 is 5.32 Å². The first-order valence-corrected chi connectivity index (χ1v) is 9.28. The van der Waals surface area contributed by atoms with Crippen LogP contribution in [0.4, 0.5) is 5.69 Å². The van der Waals surface area contributed by atoms with Crippen LogP contribution >= 0.6 is 0 Å². The van der Waals surface area contributed by atoms with Gasteiger partial charge in [-0.05, 0) is 25.1 Å². The number of hydrogen-bond donors (Lipinski definition) is 1. The van der Waals surface area contributed by atoms with Gasteiger partial charge in [-0.1, -0.05) is 38.1 Å². The minimum absolute atomic E-state index is 0.248. The molecule has 1 amide bonds. The third kappa shape index (κ3) is 3.49. The Morgan fingerprint density at radius 1 is 1.21 bits per heavy atom. The zero-order valence-corrected chi connectivity index (χ0v) is 17.0. The molecule has 0 fully saturated rings. The second-order valence-electron chi connectivity index (χ2n) is 7.98. The lowest BCUT2D eigenvalue weighted by Gasteiger charge is -2.11. The van der Waals surface area contributed by atoms with Gasteiger partial charge in [0.2, 0.25) is 0 Å². The fourth-order valence-corrected chi connectivity index (χ4v) is 3.08. The quantitative estimate of drug-likeness (QED) is 0.570. The number of aryl methyl sites for hydroxylation is 2. The van der Waals surface area contributed by atoms with Crippen LogP contribution in [-0.2, 0) is 12.5 Å². The van der Waals surface area contributed by atoms with E-state index in [0.717, 1.165) is 16.7 Å². The predicted octanol–water partition coefficient (Wildman–Crippen LogP) is 3.88. The van der Waals surface area contributed by atoms with Crippen molar-refractivity contribution in [2.45, 2.75) is 33.1 Å². The Morgan fingerprint density at radius 2 is 1.97 bits per heavy atom. The van der Waals surface area contributed by atoms with Crippen molar-refractivity contribution in [1.29, 1.82) is 0 Å². The molecule has 0 aliphatic carbocycles. The Bertz CT molecular complexity index is 1220. The number of fused-ring (bicyclic) bond motifs is 1. The van der Waals surface area contributed by atoms with Crippen LogP contribution in [-0.4, -0.2) is 30.8 Å². The highest BCUT2D eigenvalue weighted by atomic mass is 16.5. The fraction of sp³-hybridized carbons (Fsp3) is 0.286. The van der Waals surface area contributed by atoms with E-state index in [1.807, 2.05) is 46.9 Å². The van der Waals surface area contributed by atoms with Gasteiger partial charge in [0.1, 0.15) is 0 Å². The molecule has 148 valence electrons. The smallest absolute Gasteiger partial charge is 0.258 e. The molecule has 3 heterocycles. The number of carbonyl (C=O) groups is 1. The maximum absolute atomic E-state index is 13.0. The molecule has 0 bridgehead atoms. The molecule has 0 spiro atoms. The topological polar surface area (TPSA) is 98.7 Å². The number of nitrogens with zero attached hydrogens (tertiary/aromatic N) is 5. The third-order valence-electron chi connectivity index (χ3n) is 4.62. The summed E-state index contributed by atoms with van der Waals surface area (Å²) in [5.74, 6) is 0.626. The Balaban J connectivity index is 1.66. The number of nitrogens with one attached hydrogen (secondary N) is 1. The van der Waals surface area contributed by atoms with Crippen LogP contribution in [0.5, 0.6) is 0 Å². The number of aromatic nitrogens is 5. The monoisotopic (exact) mass is 390 g/mol. The van der Waals surface area contributed by atoms with E-state index in [-0.39, 0.29) is 11.3 Å². The van der Waals surface area contributed by atoms with Gasteiger partial charge in [-0.25, -0.2) is 4.98 Å². The Morgan fingerprint density at radius 3 is 2.69 bits per heavy atom. The van der Waals surface area contributed by atoms with E-state index in [1.165, 1.54) is 0 Å². The van der Waals surface area contributed by atoms with Crippen molar-refractivity contribution in [2.24, 2.45) is 7.05 Å². The maximum Gasteiger partial charge on any atom is 0.258 e. The third-order valence-corrected chi connectivity index (χ3v) is 4.62. The van der Waals surface area contributed by atoms with Gasteiger partial charge in [-0.15, -0.1) is 0 Å². The zero-order chi connectivity index (χ0) is 20.8. The molecule has 0 saturated heterocycles. The number of amides is 1. The molecule has 0 aliphatic rings. The van der Waals surface area contributed by atoms with E-state index in [9.17, 15) is 4.79 Å². The molecule has 0 atom stereocenters. The minimum atomic E-state index is -0.279. The SMILES string of the molecule is Cc1nn(C)c2ncc(NC(=O)c3ccccc3-c3nc(C(C)(C)C)no3)cc12. The van der Waals surface area contributed by atoms with Gasteiger partial charge >= 0.3 is 0 Å². The van der Waals surface area contributed by atoms with Gasteiger partial charge in [-0.2, -0.15) is 10.1 Å². The standard InChI is InChI=1S/C21H22N6O2/c1-12-16-10-13(11-22-17(16)27(5)25-12)23-18(28)14-8-6-7-9-15(14)19-24-20(26-29-19)21(2,3)4/h6-11H,1-5H3,(H,23,28). The first-order valence-electron chi connectivity index (χ1n) is 9.28. The molecule has 0 radical (unpaired) electrons. The van der Waals surface area contributed by atoms with Gasteiger partial charge in [0.05, 0.1) is 28.7 Å². The summed E-state index contributed by atoms with van der Waals surface area (Å²) >= 11 is 0. The van der Waals surface area contributed by atoms with Crippen molar-refractivity contribution in [3.05, 3.63) is 53.6 Å². The van der Waals surface area contributed by atoms with Crippen molar-refractivity contribution < 1.29 is 9.32 Å². The lowest BCUT2D eigenvalue weighted by Crippen LogP contribution is -2.14. The lowest BCUT2D eigenvalue weighted by molar-refractivity contribution is 0.102. The first-order chi connectivity index (χ1) is 13.7. The van der Waals surface area contributed by atoms with Crippen molar-refractivity contribution in [3.63, 3.8) is 0 Å². The summed E-state index contributed by atoms with van der Waals surface area (Å²) < 4.78 is 7.15. The molecule has 4 rings (SSSR count). The van der Waals surface area contributed by atoms with Gasteiger partial charge in [0, 0.05) is 17.8 Å². The van der Waals surface area contributed by atoms with Crippen molar-refractivity contribution in [3.8, 4) is 11.5 Å². The van der Waals surface area contributed by atoms with Crippen LogP contribution in [0.1, 0.15) is 42.6 Å². The number of hydrogen-bond acceptors (Lipinski definition) is 6. The highest BCUT2D eigenvalue weighted by molar-refractivity contribution is 6.08. The van der Waals surface area contributed by atoms with E-state index in [0.29, 0.717) is 28.5 Å². The molecule has 0 unspecified atom stereocenters. The Hall–Kier alpha value is -3.55. The van der Waals surface area contributed by atoms with Crippen LogP contribution in [0.3, 0.4) is 0 Å². The van der Waals surface area contributed by atoms with E-state index < -0.39 is 0 Å². The summed E-state index contributed by atoms with van der Waals surface area (Å²) in [5, 5.41) is 12.2. The van der Waals surface area contributed by atoms with Gasteiger partial charge in [-0.3, -0.25) is 9.48 Å². The molecule has 29 heavy (non-hydrogen) atoms. The highest BCUT2D eigenvalue weighted by Crippen LogP contribution is 2.27. The largest absolute Gasteiger partial charge is 0.334 e. The fourth-order valence-electron chi connectivity index (χ4n) is 3.08. The summed E-state index contributed by atoms with van der Waals surface area (Å²) in [6.07, 6.45) is 1.62. The van der Waals surface area contributed by atoms with E-state index in [2.05, 4.69) is 25.5 Å². The normalized spacial score (nSPS) is 11.8. The summed E-state index contributed by atoms with van der Waals surface area (Å²) in [7, 11) is 1.84. The number of benzene rings is 1. The van der Waals surface area contributed by atoms with Crippen molar-refractivity contribution >= 4 is 22.6 Å². The second-order valence-corrected chi connectivity index (χ2v) is 7.98. The molecule has 1 aromatic carbocycles. The molecule has 0 saturated carbocycles. The summed E-state index contributed by atoms with van der Waals surface area (Å²) in [4.78, 5) is 21.9. The number of anilines is 1. The summed E-state index contributed by atoms with van der Waals surface area (Å²) in [5.41, 5.74) is 2.99. The molecular weight excluding hydrogens is 368 g/mol. The summed E-state index contributed by atoms with van der Waals surface area (Å²) in [6, 6.07) is 9.02. The van der Waals surface area contributed by atoms with Crippen LogP contribution in [0.2, 0.25) is 0 Å². The van der Waals surface area contributed by atoms with Crippen LogP contribution in [0.15, 0.2) is 41.1 Å². The van der Waals surface area contributed by atoms with Crippen molar-refractivity contribution in [1.82, 2.24) is 24.9 Å². The van der Waals surface area contributed by atoms with Gasteiger partial charge in [0.25, 0.3) is 11.8 Å². The molecule has 4 aromatic rings. The minimum Gasteiger partial charge on any atom is -0.334 e. The van der Waals surface area contributed by atoms with Gasteiger partial charge < -0.3 is 9.84 Å². The molecule has 3 aromatic heterocycles. The zero-order valence-electron chi connectivity index (χ0n) is 17.0. The lowest BCUT2D eigenvalue weighted by atomic mass is 9.96.